The van der Waals surface area contributed by atoms with E-state index in [9.17, 15) is 9.59 Å². The molecule has 0 fully saturated rings. The van der Waals surface area contributed by atoms with Gasteiger partial charge in [0.1, 0.15) is 11.6 Å². The lowest BCUT2D eigenvalue weighted by atomic mass is 9.92. The molecule has 0 saturated heterocycles. The van der Waals surface area contributed by atoms with Gasteiger partial charge in [0, 0.05) is 29.2 Å². The third-order valence-electron chi connectivity index (χ3n) is 5.73. The lowest BCUT2D eigenvalue weighted by Crippen LogP contribution is -2.47. The van der Waals surface area contributed by atoms with Gasteiger partial charge in [0.2, 0.25) is 5.91 Å². The van der Waals surface area contributed by atoms with Gasteiger partial charge >= 0.3 is 6.09 Å². The summed E-state index contributed by atoms with van der Waals surface area (Å²) in [7, 11) is 0. The quantitative estimate of drug-likeness (QED) is 0.374. The van der Waals surface area contributed by atoms with E-state index in [1.807, 2.05) is 48.7 Å². The average molecular weight is 464 g/mol. The van der Waals surface area contributed by atoms with Crippen molar-refractivity contribution in [1.82, 2.24) is 10.3 Å². The van der Waals surface area contributed by atoms with Gasteiger partial charge in [0.05, 0.1) is 0 Å². The molecule has 0 aliphatic heterocycles. The molecule has 0 radical (unpaired) electrons. The SMILES string of the molecule is CC(C)c1cccc(C(C)C)c1NC(=O)C(Cc1c[nH]c2ccccc12)NC(=O)OC(C)(C)C. The van der Waals surface area contributed by atoms with E-state index in [2.05, 4.69) is 43.3 Å². The second kappa shape index (κ2) is 10.3. The fourth-order valence-electron chi connectivity index (χ4n) is 4.09. The topological polar surface area (TPSA) is 83.2 Å². The maximum absolute atomic E-state index is 13.6. The van der Waals surface area contributed by atoms with E-state index >= 15 is 0 Å². The Labute approximate surface area is 202 Å². The number of alkyl carbamates (subject to hydrolysis) is 1. The molecule has 182 valence electrons. The van der Waals surface area contributed by atoms with Gasteiger partial charge in [-0.2, -0.15) is 0 Å². The normalized spacial score (nSPS) is 12.7. The van der Waals surface area contributed by atoms with E-state index in [4.69, 9.17) is 4.74 Å². The predicted octanol–water partition coefficient (Wildman–Crippen LogP) is 6.49. The third-order valence-corrected chi connectivity index (χ3v) is 5.73. The zero-order valence-electron chi connectivity index (χ0n) is 21.3. The molecule has 1 atom stereocenters. The largest absolute Gasteiger partial charge is 0.444 e. The summed E-state index contributed by atoms with van der Waals surface area (Å²) in [5.41, 5.74) is 4.24. The molecule has 0 aliphatic carbocycles. The van der Waals surface area contributed by atoms with Crippen molar-refractivity contribution >= 4 is 28.6 Å². The number of amides is 2. The van der Waals surface area contributed by atoms with E-state index in [1.165, 1.54) is 0 Å². The van der Waals surface area contributed by atoms with Gasteiger partial charge < -0.3 is 20.4 Å². The molecule has 3 aromatic rings. The van der Waals surface area contributed by atoms with Gasteiger partial charge in [-0.1, -0.05) is 64.1 Å². The first-order valence-electron chi connectivity index (χ1n) is 11.9. The van der Waals surface area contributed by atoms with Crippen LogP contribution in [0.25, 0.3) is 10.9 Å². The Morgan fingerprint density at radius 1 is 0.941 bits per heavy atom. The Hall–Kier alpha value is -3.28. The molecular formula is C28H37N3O3. The van der Waals surface area contributed by atoms with Crippen molar-refractivity contribution in [2.45, 2.75) is 78.4 Å². The molecule has 0 saturated carbocycles. The summed E-state index contributed by atoms with van der Waals surface area (Å²) in [4.78, 5) is 29.5. The fourth-order valence-corrected chi connectivity index (χ4v) is 4.09. The maximum atomic E-state index is 13.6. The summed E-state index contributed by atoms with van der Waals surface area (Å²) in [5.74, 6) is 0.200. The van der Waals surface area contributed by atoms with Crippen molar-refractivity contribution in [2.24, 2.45) is 0 Å². The molecular weight excluding hydrogens is 426 g/mol. The number of carbonyl (C=O) groups excluding carboxylic acids is 2. The van der Waals surface area contributed by atoms with E-state index < -0.39 is 17.7 Å². The standard InChI is InChI=1S/C28H37N3O3/c1-17(2)20-12-10-13-21(18(3)4)25(20)31-26(32)24(30-27(33)34-28(5,6)7)15-19-16-29-23-14-9-8-11-22(19)23/h8-14,16-18,24,29H,15H2,1-7H3,(H,30,33)(H,31,32). The number of ether oxygens (including phenoxy) is 1. The Balaban J connectivity index is 1.94. The van der Waals surface area contributed by atoms with E-state index in [0.717, 1.165) is 33.3 Å². The number of H-pyrrole nitrogens is 1. The lowest BCUT2D eigenvalue weighted by molar-refractivity contribution is -0.118. The van der Waals surface area contributed by atoms with Crippen LogP contribution < -0.4 is 10.6 Å². The molecule has 6 nitrogen and oxygen atoms in total. The van der Waals surface area contributed by atoms with Crippen LogP contribution in [0.5, 0.6) is 0 Å². The van der Waals surface area contributed by atoms with E-state index in [1.54, 1.807) is 20.8 Å². The highest BCUT2D eigenvalue weighted by Gasteiger charge is 2.27. The summed E-state index contributed by atoms with van der Waals surface area (Å²) in [6.07, 6.45) is 1.60. The number of carbonyl (C=O) groups is 2. The molecule has 1 heterocycles. The smallest absolute Gasteiger partial charge is 0.408 e. The second-order valence-electron chi connectivity index (χ2n) is 10.4. The Morgan fingerprint density at radius 3 is 2.15 bits per heavy atom. The van der Waals surface area contributed by atoms with Crippen LogP contribution in [0.3, 0.4) is 0 Å². The molecule has 0 aliphatic rings. The average Bonchev–Trinajstić information content (AvgIpc) is 3.14. The highest BCUT2D eigenvalue weighted by molar-refractivity contribution is 5.98. The summed E-state index contributed by atoms with van der Waals surface area (Å²) >= 11 is 0. The number of para-hydroxylation sites is 2. The number of nitrogens with one attached hydrogen (secondary N) is 3. The van der Waals surface area contributed by atoms with Crippen molar-refractivity contribution in [3.05, 3.63) is 65.4 Å². The van der Waals surface area contributed by atoms with Gasteiger partial charge in [-0.05, 0) is 55.4 Å². The monoisotopic (exact) mass is 463 g/mol. The lowest BCUT2D eigenvalue weighted by Gasteiger charge is -2.25. The maximum Gasteiger partial charge on any atom is 0.408 e. The highest BCUT2D eigenvalue weighted by Crippen LogP contribution is 2.32. The number of fused-ring (bicyclic) bond motifs is 1. The number of aromatic amines is 1. The molecule has 0 bridgehead atoms. The molecule has 34 heavy (non-hydrogen) atoms. The van der Waals surface area contributed by atoms with Crippen LogP contribution in [0.2, 0.25) is 0 Å². The molecule has 0 spiro atoms. The highest BCUT2D eigenvalue weighted by atomic mass is 16.6. The van der Waals surface area contributed by atoms with Gasteiger partial charge in [0.15, 0.2) is 0 Å². The van der Waals surface area contributed by atoms with Crippen molar-refractivity contribution in [3.8, 4) is 0 Å². The number of anilines is 1. The number of hydrogen-bond acceptors (Lipinski definition) is 3. The van der Waals surface area contributed by atoms with Crippen molar-refractivity contribution in [2.75, 3.05) is 5.32 Å². The van der Waals surface area contributed by atoms with Gasteiger partial charge in [-0.25, -0.2) is 4.79 Å². The fraction of sp³-hybridized carbons (Fsp3) is 0.429. The first kappa shape index (κ1) is 25.3. The molecule has 6 heteroatoms. The molecule has 1 unspecified atom stereocenters. The number of hydrogen-bond donors (Lipinski definition) is 3. The number of benzene rings is 2. The van der Waals surface area contributed by atoms with Crippen LogP contribution in [0.1, 0.15) is 77.0 Å². The molecule has 1 aromatic heterocycles. The van der Waals surface area contributed by atoms with Gasteiger partial charge in [-0.3, -0.25) is 4.79 Å². The zero-order valence-corrected chi connectivity index (χ0v) is 21.3. The Morgan fingerprint density at radius 2 is 1.56 bits per heavy atom. The van der Waals surface area contributed by atoms with Crippen LogP contribution in [0.4, 0.5) is 10.5 Å². The first-order valence-corrected chi connectivity index (χ1v) is 11.9. The molecule has 2 amide bonds. The minimum atomic E-state index is -0.811. The molecule has 3 rings (SSSR count). The summed E-state index contributed by atoms with van der Waals surface area (Å²) in [6.45, 7) is 13.8. The first-order chi connectivity index (χ1) is 16.0. The van der Waals surface area contributed by atoms with Crippen LogP contribution >= 0.6 is 0 Å². The predicted molar refractivity (Wildman–Crippen MR) is 138 cm³/mol. The molecule has 2 aromatic carbocycles. The Bertz CT molecular complexity index is 1130. The summed E-state index contributed by atoms with van der Waals surface area (Å²) < 4.78 is 5.46. The minimum Gasteiger partial charge on any atom is -0.444 e. The van der Waals surface area contributed by atoms with Crippen LogP contribution in [0.15, 0.2) is 48.7 Å². The zero-order chi connectivity index (χ0) is 25.0. The summed E-state index contributed by atoms with van der Waals surface area (Å²) in [5, 5.41) is 6.98. The van der Waals surface area contributed by atoms with Gasteiger partial charge in [0.25, 0.3) is 0 Å². The van der Waals surface area contributed by atoms with E-state index in [0.29, 0.717) is 6.42 Å². The van der Waals surface area contributed by atoms with Crippen molar-refractivity contribution in [3.63, 3.8) is 0 Å². The summed E-state index contributed by atoms with van der Waals surface area (Å²) in [6, 6.07) is 13.2. The van der Waals surface area contributed by atoms with Gasteiger partial charge in [-0.15, -0.1) is 0 Å². The van der Waals surface area contributed by atoms with Crippen LogP contribution in [-0.4, -0.2) is 28.6 Å². The van der Waals surface area contributed by atoms with E-state index in [-0.39, 0.29) is 17.7 Å². The number of rotatable bonds is 7. The molecule has 3 N–H and O–H groups in total. The Kier molecular flexibility index (Phi) is 7.70. The third kappa shape index (κ3) is 6.19. The number of aromatic nitrogens is 1. The van der Waals surface area contributed by atoms with Crippen molar-refractivity contribution in [1.29, 1.82) is 0 Å². The second-order valence-corrected chi connectivity index (χ2v) is 10.4. The van der Waals surface area contributed by atoms with Crippen molar-refractivity contribution < 1.29 is 14.3 Å². The minimum absolute atomic E-state index is 0.236. The van der Waals surface area contributed by atoms with Crippen LogP contribution in [0, 0.1) is 0 Å². The van der Waals surface area contributed by atoms with Crippen LogP contribution in [-0.2, 0) is 16.0 Å².